The number of carbonyl (C=O) groups excluding carboxylic acids is 1. The van der Waals surface area contributed by atoms with Crippen LogP contribution in [0.5, 0.6) is 0 Å². The van der Waals surface area contributed by atoms with Crippen LogP contribution in [-0.2, 0) is 0 Å². The van der Waals surface area contributed by atoms with Crippen LogP contribution in [0.2, 0.25) is 0 Å². The number of halogens is 1. The van der Waals surface area contributed by atoms with Gasteiger partial charge in [0.2, 0.25) is 0 Å². The molecule has 24 heavy (non-hydrogen) atoms. The highest BCUT2D eigenvalue weighted by atomic mass is 19.1. The molecule has 1 aromatic carbocycles. The summed E-state index contributed by atoms with van der Waals surface area (Å²) in [6, 6.07) is 4.67. The second-order valence-electron chi connectivity index (χ2n) is 6.62. The quantitative estimate of drug-likeness (QED) is 0.887. The van der Waals surface area contributed by atoms with Crippen LogP contribution in [0.4, 0.5) is 14.9 Å². The Labute approximate surface area is 140 Å². The lowest BCUT2D eigenvalue weighted by Crippen LogP contribution is -2.41. The smallest absolute Gasteiger partial charge is 0.322 e. The lowest BCUT2D eigenvalue weighted by molar-refractivity contribution is 0.160. The fraction of sp³-hybridized carbons (Fsp3) is 0.444. The Kier molecular flexibility index (Phi) is 3.96. The molecular formula is C18H21FN4O. The van der Waals surface area contributed by atoms with Crippen molar-refractivity contribution in [2.75, 3.05) is 11.9 Å². The highest BCUT2D eigenvalue weighted by Gasteiger charge is 2.30. The number of H-pyrrole nitrogens is 1. The molecule has 0 bridgehead atoms. The number of imidazole rings is 1. The maximum absolute atomic E-state index is 13.9. The van der Waals surface area contributed by atoms with Crippen molar-refractivity contribution in [1.29, 1.82) is 0 Å². The molecule has 2 amide bonds. The van der Waals surface area contributed by atoms with Gasteiger partial charge in [-0.15, -0.1) is 0 Å². The van der Waals surface area contributed by atoms with Crippen molar-refractivity contribution < 1.29 is 9.18 Å². The number of carbonyl (C=O) groups is 1. The molecule has 1 saturated heterocycles. The summed E-state index contributed by atoms with van der Waals surface area (Å²) in [7, 11) is 0. The fourth-order valence-corrected chi connectivity index (χ4v) is 3.44. The number of hydrogen-bond acceptors (Lipinski definition) is 2. The maximum Gasteiger partial charge on any atom is 0.322 e. The Hall–Kier alpha value is -2.37. The third kappa shape index (κ3) is 3.00. The predicted molar refractivity (Wildman–Crippen MR) is 89.3 cm³/mol. The van der Waals surface area contributed by atoms with Crippen molar-refractivity contribution in [3.05, 3.63) is 47.8 Å². The summed E-state index contributed by atoms with van der Waals surface area (Å²) in [5.41, 5.74) is 1.38. The number of benzene rings is 1. The topological polar surface area (TPSA) is 61.0 Å². The zero-order chi connectivity index (χ0) is 16.5. The van der Waals surface area contributed by atoms with Crippen LogP contribution in [-0.4, -0.2) is 27.4 Å². The van der Waals surface area contributed by atoms with Crippen LogP contribution >= 0.6 is 0 Å². The minimum Gasteiger partial charge on any atom is -0.347 e. The Morgan fingerprint density at radius 3 is 2.92 bits per heavy atom. The number of nitrogens with one attached hydrogen (secondary N) is 2. The van der Waals surface area contributed by atoms with E-state index in [9.17, 15) is 9.18 Å². The van der Waals surface area contributed by atoms with Crippen molar-refractivity contribution in [3.63, 3.8) is 0 Å². The third-order valence-electron chi connectivity index (χ3n) is 4.86. The summed E-state index contributed by atoms with van der Waals surface area (Å²) in [5.74, 6) is 0.956. The molecule has 2 aliphatic rings. The van der Waals surface area contributed by atoms with Crippen LogP contribution in [0.25, 0.3) is 0 Å². The summed E-state index contributed by atoms with van der Waals surface area (Å²) < 4.78 is 13.9. The number of aromatic amines is 1. The number of likely N-dealkylation sites (tertiary alicyclic amines) is 1. The molecule has 0 radical (unpaired) electrons. The van der Waals surface area contributed by atoms with Gasteiger partial charge in [-0.25, -0.2) is 14.2 Å². The Morgan fingerprint density at radius 1 is 1.29 bits per heavy atom. The fourth-order valence-electron chi connectivity index (χ4n) is 3.44. The van der Waals surface area contributed by atoms with Crippen molar-refractivity contribution >= 4 is 11.7 Å². The van der Waals surface area contributed by atoms with E-state index in [1.54, 1.807) is 24.5 Å². The number of aromatic nitrogens is 2. The van der Waals surface area contributed by atoms with Crippen LogP contribution < -0.4 is 5.32 Å². The standard InChI is InChI=1S/C18H21FN4O/c19-15-7-6-13(11-14(15)12-4-5-12)22-18(24)23-10-2-1-3-16(23)17-20-8-9-21-17/h6-9,11-12,16H,1-5,10H2,(H,20,21)(H,22,24)/t16-/m1/s1. The molecule has 0 unspecified atom stereocenters. The van der Waals surface area contributed by atoms with Crippen molar-refractivity contribution in [2.45, 2.75) is 44.1 Å². The zero-order valence-corrected chi connectivity index (χ0v) is 13.5. The lowest BCUT2D eigenvalue weighted by Gasteiger charge is -2.34. The summed E-state index contributed by atoms with van der Waals surface area (Å²) in [6.45, 7) is 0.702. The second kappa shape index (κ2) is 6.26. The van der Waals surface area contributed by atoms with Gasteiger partial charge in [0.25, 0.3) is 0 Å². The van der Waals surface area contributed by atoms with Gasteiger partial charge in [-0.2, -0.15) is 0 Å². The molecule has 5 nitrogen and oxygen atoms in total. The minimum absolute atomic E-state index is 0.0305. The monoisotopic (exact) mass is 328 g/mol. The van der Waals surface area contributed by atoms with E-state index in [0.717, 1.165) is 37.9 Å². The summed E-state index contributed by atoms with van der Waals surface area (Å²) in [4.78, 5) is 22.0. The molecule has 1 aliphatic heterocycles. The number of rotatable bonds is 3. The molecule has 1 aromatic heterocycles. The highest BCUT2D eigenvalue weighted by molar-refractivity contribution is 5.89. The van der Waals surface area contributed by atoms with Crippen LogP contribution in [0.3, 0.4) is 0 Å². The van der Waals surface area contributed by atoms with Crippen molar-refractivity contribution in [3.8, 4) is 0 Å². The van der Waals surface area contributed by atoms with Crippen LogP contribution in [0, 0.1) is 5.82 Å². The van der Waals surface area contributed by atoms with Crippen LogP contribution in [0.15, 0.2) is 30.6 Å². The molecule has 6 heteroatoms. The molecule has 1 aliphatic carbocycles. The van der Waals surface area contributed by atoms with E-state index in [4.69, 9.17) is 0 Å². The van der Waals surface area contributed by atoms with E-state index in [1.807, 2.05) is 4.90 Å². The molecule has 1 atom stereocenters. The van der Waals surface area contributed by atoms with Gasteiger partial charge in [0.1, 0.15) is 11.6 Å². The van der Waals surface area contributed by atoms with E-state index < -0.39 is 0 Å². The van der Waals surface area contributed by atoms with Crippen molar-refractivity contribution in [1.82, 2.24) is 14.9 Å². The molecule has 1 saturated carbocycles. The predicted octanol–water partition coefficient (Wildman–Crippen LogP) is 4.19. The van der Waals surface area contributed by atoms with E-state index in [1.165, 1.54) is 6.07 Å². The van der Waals surface area contributed by atoms with Crippen molar-refractivity contribution in [2.24, 2.45) is 0 Å². The first-order valence-electron chi connectivity index (χ1n) is 8.59. The second-order valence-corrected chi connectivity index (χ2v) is 6.62. The summed E-state index contributed by atoms with van der Waals surface area (Å²) in [6.07, 6.45) is 8.52. The first-order valence-corrected chi connectivity index (χ1v) is 8.59. The normalized spacial score (nSPS) is 20.9. The Morgan fingerprint density at radius 2 is 2.17 bits per heavy atom. The SMILES string of the molecule is O=C(Nc1ccc(F)c(C2CC2)c1)N1CCCC[C@@H]1c1ncc[nH]1. The molecule has 0 spiro atoms. The van der Waals surface area contributed by atoms with Gasteiger partial charge < -0.3 is 15.2 Å². The maximum atomic E-state index is 13.9. The van der Waals surface area contributed by atoms with Gasteiger partial charge in [-0.3, -0.25) is 0 Å². The van der Waals surface area contributed by atoms with Gasteiger partial charge in [0, 0.05) is 24.6 Å². The highest BCUT2D eigenvalue weighted by Crippen LogP contribution is 2.42. The van der Waals surface area contributed by atoms with E-state index in [0.29, 0.717) is 23.7 Å². The molecule has 2 heterocycles. The van der Waals surface area contributed by atoms with Gasteiger partial charge in [0.05, 0.1) is 6.04 Å². The zero-order valence-electron chi connectivity index (χ0n) is 13.5. The van der Waals surface area contributed by atoms with Gasteiger partial charge in [-0.1, -0.05) is 0 Å². The van der Waals surface area contributed by atoms with E-state index >= 15 is 0 Å². The Balaban J connectivity index is 1.51. The number of anilines is 1. The number of piperidine rings is 1. The average molecular weight is 328 g/mol. The number of nitrogens with zero attached hydrogens (tertiary/aromatic N) is 2. The third-order valence-corrected chi connectivity index (χ3v) is 4.86. The van der Waals surface area contributed by atoms with Gasteiger partial charge >= 0.3 is 6.03 Å². The molecule has 4 rings (SSSR count). The molecule has 2 fully saturated rings. The molecule has 2 aromatic rings. The van der Waals surface area contributed by atoms with Gasteiger partial charge in [-0.05, 0) is 61.8 Å². The molecule has 2 N–H and O–H groups in total. The largest absolute Gasteiger partial charge is 0.347 e. The first kappa shape index (κ1) is 15.2. The summed E-state index contributed by atoms with van der Waals surface area (Å²) >= 11 is 0. The first-order chi connectivity index (χ1) is 11.7. The van der Waals surface area contributed by atoms with E-state index in [-0.39, 0.29) is 17.9 Å². The Bertz CT molecular complexity index is 727. The number of hydrogen-bond donors (Lipinski definition) is 2. The number of urea groups is 1. The summed E-state index contributed by atoms with van der Waals surface area (Å²) in [5, 5.41) is 2.93. The lowest BCUT2D eigenvalue weighted by atomic mass is 10.0. The van der Waals surface area contributed by atoms with E-state index in [2.05, 4.69) is 15.3 Å². The average Bonchev–Trinajstić information content (AvgIpc) is 3.30. The van der Waals surface area contributed by atoms with Crippen LogP contribution in [0.1, 0.15) is 55.5 Å². The minimum atomic E-state index is -0.179. The molecule has 126 valence electrons. The van der Waals surface area contributed by atoms with Gasteiger partial charge in [0.15, 0.2) is 0 Å². The number of amides is 2. The molecular weight excluding hydrogens is 307 g/mol.